The number of hydrogen-bond donors (Lipinski definition) is 0. The van der Waals surface area contributed by atoms with E-state index in [1.165, 1.54) is 5.56 Å². The first-order valence-electron chi connectivity index (χ1n) is 5.40. The molecule has 0 aliphatic heterocycles. The van der Waals surface area contributed by atoms with Crippen molar-refractivity contribution < 1.29 is 9.53 Å². The molecule has 0 saturated carbocycles. The van der Waals surface area contributed by atoms with Gasteiger partial charge in [-0.1, -0.05) is 6.07 Å². The van der Waals surface area contributed by atoms with E-state index in [1.54, 1.807) is 6.20 Å². The van der Waals surface area contributed by atoms with E-state index in [0.29, 0.717) is 6.61 Å². The lowest BCUT2D eigenvalue weighted by Gasteiger charge is -2.21. The van der Waals surface area contributed by atoms with Gasteiger partial charge in [-0.2, -0.15) is 0 Å². The van der Waals surface area contributed by atoms with E-state index in [0.717, 1.165) is 25.0 Å². The van der Waals surface area contributed by atoms with Gasteiger partial charge >= 0.3 is 5.97 Å². The van der Waals surface area contributed by atoms with E-state index in [4.69, 9.17) is 4.74 Å². The van der Waals surface area contributed by atoms with Crippen molar-refractivity contribution in [3.63, 3.8) is 0 Å². The number of ether oxygens (including phenoxy) is 1. The Bertz CT molecular complexity index is 362. The molecule has 1 aromatic rings. The number of nitrogens with zero attached hydrogens (tertiary/aromatic N) is 1. The fourth-order valence-electron chi connectivity index (χ4n) is 2.01. The number of aromatic nitrogens is 1. The van der Waals surface area contributed by atoms with Crippen molar-refractivity contribution in [2.75, 3.05) is 6.61 Å². The minimum absolute atomic E-state index is 0.00681. The van der Waals surface area contributed by atoms with Crippen LogP contribution in [0.5, 0.6) is 0 Å². The average molecular weight is 205 g/mol. The van der Waals surface area contributed by atoms with Crippen LogP contribution in [0.4, 0.5) is 0 Å². The Morgan fingerprint density at radius 3 is 3.33 bits per heavy atom. The number of hydrogen-bond acceptors (Lipinski definition) is 3. The third-order valence-corrected chi connectivity index (χ3v) is 2.81. The molecular weight excluding hydrogens is 190 g/mol. The highest BCUT2D eigenvalue weighted by Gasteiger charge is 2.25. The monoisotopic (exact) mass is 205 g/mol. The number of carbonyl (C=O) groups excluding carboxylic acids is 1. The van der Waals surface area contributed by atoms with Crippen LogP contribution in [0.3, 0.4) is 0 Å². The molecule has 0 fully saturated rings. The summed E-state index contributed by atoms with van der Waals surface area (Å²) in [5.41, 5.74) is 2.33. The van der Waals surface area contributed by atoms with Crippen LogP contribution < -0.4 is 0 Å². The molecule has 1 unspecified atom stereocenters. The maximum Gasteiger partial charge on any atom is 0.309 e. The van der Waals surface area contributed by atoms with Crippen LogP contribution in [-0.2, 0) is 22.4 Å². The van der Waals surface area contributed by atoms with Crippen LogP contribution in [0, 0.1) is 5.92 Å². The van der Waals surface area contributed by atoms with Gasteiger partial charge in [-0.15, -0.1) is 0 Å². The summed E-state index contributed by atoms with van der Waals surface area (Å²) in [6.07, 6.45) is 4.34. The zero-order valence-corrected chi connectivity index (χ0v) is 8.90. The van der Waals surface area contributed by atoms with Crippen molar-refractivity contribution in [3.05, 3.63) is 29.6 Å². The molecule has 0 spiro atoms. The molecule has 80 valence electrons. The first kappa shape index (κ1) is 10.1. The minimum atomic E-state index is -0.0752. The summed E-state index contributed by atoms with van der Waals surface area (Å²) in [5.74, 6) is -0.0684. The van der Waals surface area contributed by atoms with Crippen molar-refractivity contribution in [1.82, 2.24) is 4.98 Å². The maximum atomic E-state index is 11.6. The second-order valence-corrected chi connectivity index (χ2v) is 3.80. The summed E-state index contributed by atoms with van der Waals surface area (Å²) in [7, 11) is 0. The van der Waals surface area contributed by atoms with Gasteiger partial charge in [0.05, 0.1) is 12.5 Å². The molecule has 15 heavy (non-hydrogen) atoms. The largest absolute Gasteiger partial charge is 0.466 e. The summed E-state index contributed by atoms with van der Waals surface area (Å²) in [6.45, 7) is 2.30. The molecule has 1 aliphatic carbocycles. The van der Waals surface area contributed by atoms with Crippen LogP contribution in [0.1, 0.15) is 24.6 Å². The Morgan fingerprint density at radius 1 is 1.67 bits per heavy atom. The molecule has 0 saturated heterocycles. The Hall–Kier alpha value is -1.38. The van der Waals surface area contributed by atoms with Gasteiger partial charge < -0.3 is 4.74 Å². The van der Waals surface area contributed by atoms with E-state index in [9.17, 15) is 4.79 Å². The predicted molar refractivity (Wildman–Crippen MR) is 56.4 cm³/mol. The lowest BCUT2D eigenvalue weighted by atomic mass is 9.87. The van der Waals surface area contributed by atoms with Gasteiger partial charge in [0.1, 0.15) is 0 Å². The molecule has 1 aliphatic rings. The van der Waals surface area contributed by atoms with Gasteiger partial charge in [-0.05, 0) is 31.4 Å². The Balaban J connectivity index is 2.08. The number of aryl methyl sites for hydroxylation is 1. The Morgan fingerprint density at radius 2 is 2.53 bits per heavy atom. The predicted octanol–water partition coefficient (Wildman–Crippen LogP) is 1.75. The number of esters is 1. The Labute approximate surface area is 89.5 Å². The van der Waals surface area contributed by atoms with Crippen molar-refractivity contribution in [2.45, 2.75) is 26.2 Å². The quantitative estimate of drug-likeness (QED) is 0.690. The van der Waals surface area contributed by atoms with Crippen LogP contribution in [0.2, 0.25) is 0 Å². The topological polar surface area (TPSA) is 39.2 Å². The van der Waals surface area contributed by atoms with Crippen LogP contribution >= 0.6 is 0 Å². The van der Waals surface area contributed by atoms with Gasteiger partial charge in [0.25, 0.3) is 0 Å². The molecular formula is C12H15NO2. The molecule has 0 N–H and O–H groups in total. The fourth-order valence-corrected chi connectivity index (χ4v) is 2.01. The lowest BCUT2D eigenvalue weighted by Crippen LogP contribution is -2.25. The van der Waals surface area contributed by atoms with Gasteiger partial charge in [-0.25, -0.2) is 0 Å². The average Bonchev–Trinajstić information content (AvgIpc) is 2.29. The van der Waals surface area contributed by atoms with E-state index >= 15 is 0 Å². The van der Waals surface area contributed by atoms with Gasteiger partial charge in [0.15, 0.2) is 0 Å². The number of rotatable bonds is 2. The molecule has 0 radical (unpaired) electrons. The molecule has 0 aromatic carbocycles. The fraction of sp³-hybridized carbons (Fsp3) is 0.500. The summed E-state index contributed by atoms with van der Waals surface area (Å²) in [6, 6.07) is 4.03. The first-order valence-corrected chi connectivity index (χ1v) is 5.40. The molecule has 3 heteroatoms. The molecule has 1 atom stereocenters. The molecule has 1 aromatic heterocycles. The highest BCUT2D eigenvalue weighted by molar-refractivity contribution is 5.73. The van der Waals surface area contributed by atoms with E-state index in [1.807, 2.05) is 13.0 Å². The van der Waals surface area contributed by atoms with Crippen molar-refractivity contribution >= 4 is 5.97 Å². The number of pyridine rings is 1. The van der Waals surface area contributed by atoms with Crippen molar-refractivity contribution in [1.29, 1.82) is 0 Å². The molecule has 0 bridgehead atoms. The normalized spacial score (nSPS) is 19.4. The molecule has 3 nitrogen and oxygen atoms in total. The maximum absolute atomic E-state index is 11.6. The number of fused-ring (bicyclic) bond motifs is 1. The highest BCUT2D eigenvalue weighted by atomic mass is 16.5. The summed E-state index contributed by atoms with van der Waals surface area (Å²) >= 11 is 0. The number of carbonyl (C=O) groups is 1. The SMILES string of the molecule is CCOC(=O)C1CCc2cccnc2C1. The van der Waals surface area contributed by atoms with E-state index in [-0.39, 0.29) is 11.9 Å². The highest BCUT2D eigenvalue weighted by Crippen LogP contribution is 2.24. The first-order chi connectivity index (χ1) is 7.31. The third-order valence-electron chi connectivity index (χ3n) is 2.81. The molecule has 1 heterocycles. The van der Waals surface area contributed by atoms with E-state index in [2.05, 4.69) is 11.1 Å². The van der Waals surface area contributed by atoms with Crippen molar-refractivity contribution in [2.24, 2.45) is 5.92 Å². The smallest absolute Gasteiger partial charge is 0.309 e. The van der Waals surface area contributed by atoms with Crippen molar-refractivity contribution in [3.8, 4) is 0 Å². The minimum Gasteiger partial charge on any atom is -0.466 e. The van der Waals surface area contributed by atoms with Gasteiger partial charge in [0.2, 0.25) is 0 Å². The second-order valence-electron chi connectivity index (χ2n) is 3.80. The van der Waals surface area contributed by atoms with Gasteiger partial charge in [0, 0.05) is 18.3 Å². The molecule has 0 amide bonds. The van der Waals surface area contributed by atoms with Crippen LogP contribution in [-0.4, -0.2) is 17.6 Å². The summed E-state index contributed by atoms with van der Waals surface area (Å²) < 4.78 is 5.03. The van der Waals surface area contributed by atoms with Crippen LogP contribution in [0.15, 0.2) is 18.3 Å². The van der Waals surface area contributed by atoms with E-state index < -0.39 is 0 Å². The molecule has 2 rings (SSSR count). The zero-order valence-electron chi connectivity index (χ0n) is 8.90. The Kier molecular flexibility index (Phi) is 2.99. The van der Waals surface area contributed by atoms with Crippen LogP contribution in [0.25, 0.3) is 0 Å². The standard InChI is InChI=1S/C12H15NO2/c1-2-15-12(14)10-6-5-9-4-3-7-13-11(9)8-10/h3-4,7,10H,2,5-6,8H2,1H3. The second kappa shape index (κ2) is 4.43. The van der Waals surface area contributed by atoms with Gasteiger partial charge in [-0.3, -0.25) is 9.78 Å². The zero-order chi connectivity index (χ0) is 10.7. The third kappa shape index (κ3) is 2.17. The summed E-state index contributed by atoms with van der Waals surface area (Å²) in [4.78, 5) is 15.9. The summed E-state index contributed by atoms with van der Waals surface area (Å²) in [5, 5.41) is 0. The lowest BCUT2D eigenvalue weighted by molar-refractivity contribution is -0.148.